The average Bonchev–Trinajstić information content (AvgIpc) is 3.17. The van der Waals surface area contributed by atoms with Crippen LogP contribution >= 0.6 is 22.7 Å². The van der Waals surface area contributed by atoms with Crippen molar-refractivity contribution in [2.75, 3.05) is 4.72 Å². The van der Waals surface area contributed by atoms with Crippen LogP contribution in [0.15, 0.2) is 51.4 Å². The first kappa shape index (κ1) is 17.1. The fourth-order valence-corrected chi connectivity index (χ4v) is 5.36. The van der Waals surface area contributed by atoms with Crippen molar-refractivity contribution in [3.8, 4) is 10.6 Å². The summed E-state index contributed by atoms with van der Waals surface area (Å²) in [6.07, 6.45) is 0. The molecule has 1 N–H and O–H groups in total. The van der Waals surface area contributed by atoms with Gasteiger partial charge in [0.1, 0.15) is 9.22 Å². The molecule has 0 aliphatic heterocycles. The van der Waals surface area contributed by atoms with E-state index in [2.05, 4.69) is 30.5 Å². The van der Waals surface area contributed by atoms with Crippen molar-refractivity contribution in [3.63, 3.8) is 0 Å². The number of thiophene rings is 1. The Morgan fingerprint density at radius 1 is 1.04 bits per heavy atom. The SMILES string of the molecule is CC(C)(C)c1csc(-c2csc(S(=O)(=O)Nc3ccccc3)c2)n1. The second-order valence-corrected chi connectivity index (χ2v) is 10.1. The Labute approximate surface area is 150 Å². The summed E-state index contributed by atoms with van der Waals surface area (Å²) in [4.78, 5) is 4.64. The van der Waals surface area contributed by atoms with Gasteiger partial charge in [-0.3, -0.25) is 4.72 Å². The predicted octanol–water partition coefficient (Wildman–Crippen LogP) is 4.97. The first-order valence-corrected chi connectivity index (χ1v) is 10.6. The third-order valence-electron chi connectivity index (χ3n) is 3.39. The number of rotatable bonds is 4. The highest BCUT2D eigenvalue weighted by Crippen LogP contribution is 2.34. The van der Waals surface area contributed by atoms with E-state index in [1.54, 1.807) is 30.3 Å². The normalized spacial score (nSPS) is 12.3. The van der Waals surface area contributed by atoms with E-state index in [1.807, 2.05) is 16.8 Å². The molecule has 3 rings (SSSR count). The molecule has 0 aliphatic carbocycles. The smallest absolute Gasteiger partial charge is 0.271 e. The van der Waals surface area contributed by atoms with Gasteiger partial charge in [-0.2, -0.15) is 0 Å². The number of hydrogen-bond donors (Lipinski definition) is 1. The van der Waals surface area contributed by atoms with Crippen molar-refractivity contribution in [1.82, 2.24) is 4.98 Å². The van der Waals surface area contributed by atoms with Crippen LogP contribution in [0.3, 0.4) is 0 Å². The fraction of sp³-hybridized carbons (Fsp3) is 0.235. The molecule has 0 saturated carbocycles. The number of benzene rings is 1. The van der Waals surface area contributed by atoms with Crippen molar-refractivity contribution in [1.29, 1.82) is 0 Å². The van der Waals surface area contributed by atoms with Crippen LogP contribution in [-0.4, -0.2) is 13.4 Å². The highest BCUT2D eigenvalue weighted by Gasteiger charge is 2.21. The van der Waals surface area contributed by atoms with E-state index in [-0.39, 0.29) is 9.62 Å². The van der Waals surface area contributed by atoms with Crippen molar-refractivity contribution in [2.24, 2.45) is 0 Å². The molecule has 0 radical (unpaired) electrons. The van der Waals surface area contributed by atoms with Crippen LogP contribution in [-0.2, 0) is 15.4 Å². The van der Waals surface area contributed by atoms with Gasteiger partial charge in [-0.05, 0) is 18.2 Å². The zero-order chi connectivity index (χ0) is 17.4. The maximum Gasteiger partial charge on any atom is 0.271 e. The molecule has 4 nitrogen and oxygen atoms in total. The summed E-state index contributed by atoms with van der Waals surface area (Å²) in [5.74, 6) is 0. The molecule has 0 bridgehead atoms. The van der Waals surface area contributed by atoms with E-state index in [0.29, 0.717) is 5.69 Å². The van der Waals surface area contributed by atoms with Crippen LogP contribution in [0.5, 0.6) is 0 Å². The second kappa shape index (κ2) is 6.31. The first-order chi connectivity index (χ1) is 11.3. The predicted molar refractivity (Wildman–Crippen MR) is 101 cm³/mol. The van der Waals surface area contributed by atoms with Gasteiger partial charge in [-0.25, -0.2) is 13.4 Å². The zero-order valence-corrected chi connectivity index (χ0v) is 16.1. The molecular formula is C17H18N2O2S3. The summed E-state index contributed by atoms with van der Waals surface area (Å²) in [5.41, 5.74) is 2.39. The molecule has 0 amide bonds. The standard InChI is InChI=1S/C17H18N2O2S3/c1-17(2,3)14-11-23-16(18-14)12-9-15(22-10-12)24(20,21)19-13-7-5-4-6-8-13/h4-11,19H,1-3H3. The van der Waals surface area contributed by atoms with E-state index in [1.165, 1.54) is 22.7 Å². The average molecular weight is 379 g/mol. The van der Waals surface area contributed by atoms with Crippen molar-refractivity contribution in [3.05, 3.63) is 52.9 Å². The number of sulfonamides is 1. The number of anilines is 1. The molecule has 0 atom stereocenters. The van der Waals surface area contributed by atoms with Gasteiger partial charge in [0.25, 0.3) is 10.0 Å². The van der Waals surface area contributed by atoms with Crippen LogP contribution in [0.2, 0.25) is 0 Å². The van der Waals surface area contributed by atoms with Crippen LogP contribution in [0.1, 0.15) is 26.5 Å². The lowest BCUT2D eigenvalue weighted by Crippen LogP contribution is -2.11. The number of hydrogen-bond acceptors (Lipinski definition) is 5. The molecule has 0 saturated heterocycles. The van der Waals surface area contributed by atoms with E-state index in [4.69, 9.17) is 0 Å². The van der Waals surface area contributed by atoms with E-state index in [0.717, 1.165) is 16.3 Å². The second-order valence-electron chi connectivity index (χ2n) is 6.41. The molecule has 7 heteroatoms. The Morgan fingerprint density at radius 2 is 1.75 bits per heavy atom. The fourth-order valence-electron chi connectivity index (χ4n) is 2.03. The highest BCUT2D eigenvalue weighted by molar-refractivity contribution is 7.94. The topological polar surface area (TPSA) is 59.1 Å². The van der Waals surface area contributed by atoms with Crippen molar-refractivity contribution in [2.45, 2.75) is 30.4 Å². The van der Waals surface area contributed by atoms with Crippen molar-refractivity contribution >= 4 is 38.4 Å². The number of aromatic nitrogens is 1. The Morgan fingerprint density at radius 3 is 2.38 bits per heavy atom. The number of thiazole rings is 1. The molecule has 1 aromatic carbocycles. The molecule has 2 heterocycles. The van der Waals surface area contributed by atoms with Gasteiger partial charge >= 0.3 is 0 Å². The first-order valence-electron chi connectivity index (χ1n) is 7.38. The van der Waals surface area contributed by atoms with Crippen LogP contribution in [0.4, 0.5) is 5.69 Å². The minimum atomic E-state index is -3.58. The summed E-state index contributed by atoms with van der Waals surface area (Å²) >= 11 is 2.74. The van der Waals surface area contributed by atoms with Crippen molar-refractivity contribution < 1.29 is 8.42 Å². The molecule has 0 unspecified atom stereocenters. The van der Waals surface area contributed by atoms with E-state index < -0.39 is 10.0 Å². The maximum atomic E-state index is 12.5. The lowest BCUT2D eigenvalue weighted by atomic mass is 9.93. The van der Waals surface area contributed by atoms with Gasteiger partial charge in [0.15, 0.2) is 0 Å². The Kier molecular flexibility index (Phi) is 4.50. The van der Waals surface area contributed by atoms with E-state index >= 15 is 0 Å². The monoisotopic (exact) mass is 378 g/mol. The lowest BCUT2D eigenvalue weighted by molar-refractivity contribution is 0.573. The summed E-state index contributed by atoms with van der Waals surface area (Å²) in [5, 5.41) is 4.71. The molecule has 3 aromatic rings. The van der Waals surface area contributed by atoms with Gasteiger partial charge in [0, 0.05) is 27.4 Å². The molecule has 24 heavy (non-hydrogen) atoms. The summed E-state index contributed by atoms with van der Waals surface area (Å²) in [6, 6.07) is 10.6. The molecule has 0 spiro atoms. The van der Waals surface area contributed by atoms with Gasteiger partial charge < -0.3 is 0 Å². The van der Waals surface area contributed by atoms with Gasteiger partial charge in [0.05, 0.1) is 5.69 Å². The number of nitrogens with one attached hydrogen (secondary N) is 1. The molecule has 0 aliphatic rings. The number of nitrogens with zero attached hydrogens (tertiary/aromatic N) is 1. The maximum absolute atomic E-state index is 12.5. The quantitative estimate of drug-likeness (QED) is 0.697. The Bertz CT molecular complexity index is 936. The zero-order valence-electron chi connectivity index (χ0n) is 13.6. The van der Waals surface area contributed by atoms with Gasteiger partial charge in [-0.15, -0.1) is 22.7 Å². The highest BCUT2D eigenvalue weighted by atomic mass is 32.2. The van der Waals surface area contributed by atoms with E-state index in [9.17, 15) is 8.42 Å². The Hall–Kier alpha value is -1.70. The molecular weight excluding hydrogens is 360 g/mol. The third kappa shape index (κ3) is 3.68. The summed E-state index contributed by atoms with van der Waals surface area (Å²) in [6.45, 7) is 6.33. The van der Waals surface area contributed by atoms with Gasteiger partial charge in [0.2, 0.25) is 0 Å². The largest absolute Gasteiger partial charge is 0.279 e. The minimum Gasteiger partial charge on any atom is -0.279 e. The van der Waals surface area contributed by atoms with Crippen LogP contribution < -0.4 is 4.72 Å². The molecule has 2 aromatic heterocycles. The molecule has 126 valence electrons. The summed E-state index contributed by atoms with van der Waals surface area (Å²) < 4.78 is 27.9. The van der Waals surface area contributed by atoms with Crippen LogP contribution in [0.25, 0.3) is 10.6 Å². The Balaban J connectivity index is 1.86. The van der Waals surface area contributed by atoms with Gasteiger partial charge in [-0.1, -0.05) is 39.0 Å². The lowest BCUT2D eigenvalue weighted by Gasteiger charge is -2.14. The summed E-state index contributed by atoms with van der Waals surface area (Å²) in [7, 11) is -3.58. The number of para-hydroxylation sites is 1. The minimum absolute atomic E-state index is 0.0193. The van der Waals surface area contributed by atoms with Crippen LogP contribution in [0, 0.1) is 0 Å². The third-order valence-corrected chi connectivity index (χ3v) is 7.10. The molecule has 0 fully saturated rings.